The van der Waals surface area contributed by atoms with Gasteiger partial charge in [-0.1, -0.05) is 191 Å². The third-order valence-electron chi connectivity index (χ3n) is 10.5. The molecule has 0 saturated carbocycles. The van der Waals surface area contributed by atoms with Crippen LogP contribution in [-0.2, 0) is 28.6 Å². The Bertz CT molecular complexity index is 1090. The van der Waals surface area contributed by atoms with E-state index in [1.807, 2.05) is 0 Å². The zero-order valence-corrected chi connectivity index (χ0v) is 38.8. The molecule has 0 heterocycles. The number of carbonyl (C=O) groups is 3. The molecule has 0 N–H and O–H groups in total. The lowest BCUT2D eigenvalue weighted by atomic mass is 10.1. The maximum absolute atomic E-state index is 12.7. The molecule has 0 amide bonds. The third kappa shape index (κ3) is 46.0. The molecule has 0 aromatic heterocycles. The van der Waals surface area contributed by atoms with Crippen molar-refractivity contribution >= 4 is 17.9 Å². The first-order valence-electron chi connectivity index (χ1n) is 24.8. The van der Waals surface area contributed by atoms with Gasteiger partial charge in [0, 0.05) is 19.3 Å². The van der Waals surface area contributed by atoms with Gasteiger partial charge in [-0.25, -0.2) is 0 Å². The highest BCUT2D eigenvalue weighted by Gasteiger charge is 2.19. The molecule has 340 valence electrons. The standard InChI is InChI=1S/C53H92O6/c1-4-7-10-13-15-17-19-21-23-25-26-28-29-31-33-35-37-40-43-46-52(55)58-49-50(48-57-51(54)45-42-39-12-9-6-3)59-53(56)47-44-41-38-36-34-32-30-27-24-22-20-18-16-14-11-8-5-2/h15-18,21-24,26,28,50H,4-14,19-20,25,27,29-49H2,1-3H3/b17-15-,18-16-,23-21-,24-22-,28-26-. The summed E-state index contributed by atoms with van der Waals surface area (Å²) >= 11 is 0. The van der Waals surface area contributed by atoms with Gasteiger partial charge in [0.1, 0.15) is 13.2 Å². The molecule has 0 rings (SSSR count). The number of hydrogen-bond donors (Lipinski definition) is 0. The van der Waals surface area contributed by atoms with Crippen molar-refractivity contribution in [2.24, 2.45) is 0 Å². The molecular formula is C53H92O6. The van der Waals surface area contributed by atoms with Crippen molar-refractivity contribution in [1.82, 2.24) is 0 Å². The molecule has 0 aliphatic heterocycles. The average molecular weight is 825 g/mol. The van der Waals surface area contributed by atoms with Crippen LogP contribution in [-0.4, -0.2) is 37.2 Å². The van der Waals surface area contributed by atoms with E-state index in [0.29, 0.717) is 19.3 Å². The van der Waals surface area contributed by atoms with Crippen molar-refractivity contribution in [3.8, 4) is 0 Å². The maximum atomic E-state index is 12.7. The summed E-state index contributed by atoms with van der Waals surface area (Å²) in [4.78, 5) is 37.6. The molecule has 0 radical (unpaired) electrons. The van der Waals surface area contributed by atoms with E-state index < -0.39 is 6.10 Å². The zero-order chi connectivity index (χ0) is 43.0. The summed E-state index contributed by atoms with van der Waals surface area (Å²) in [5.41, 5.74) is 0. The number of hydrogen-bond acceptors (Lipinski definition) is 6. The average Bonchev–Trinajstić information content (AvgIpc) is 3.23. The molecule has 0 aromatic rings. The molecular weight excluding hydrogens is 733 g/mol. The normalized spacial score (nSPS) is 12.5. The molecule has 0 saturated heterocycles. The number of carbonyl (C=O) groups excluding carboxylic acids is 3. The number of rotatable bonds is 44. The van der Waals surface area contributed by atoms with E-state index in [4.69, 9.17) is 14.2 Å². The predicted molar refractivity (Wildman–Crippen MR) is 251 cm³/mol. The van der Waals surface area contributed by atoms with E-state index in [9.17, 15) is 14.4 Å². The van der Waals surface area contributed by atoms with Crippen LogP contribution in [0.25, 0.3) is 0 Å². The summed E-state index contributed by atoms with van der Waals surface area (Å²) in [6.07, 6.45) is 58.0. The number of ether oxygens (including phenoxy) is 3. The summed E-state index contributed by atoms with van der Waals surface area (Å²) in [6, 6.07) is 0. The fraction of sp³-hybridized carbons (Fsp3) is 0.755. The minimum Gasteiger partial charge on any atom is -0.462 e. The number of unbranched alkanes of at least 4 members (excludes halogenated alkanes) is 23. The lowest BCUT2D eigenvalue weighted by Crippen LogP contribution is -2.30. The van der Waals surface area contributed by atoms with Gasteiger partial charge in [0.15, 0.2) is 6.10 Å². The maximum Gasteiger partial charge on any atom is 0.306 e. The molecule has 0 fully saturated rings. The molecule has 1 unspecified atom stereocenters. The van der Waals surface area contributed by atoms with Gasteiger partial charge < -0.3 is 14.2 Å². The number of esters is 3. The summed E-state index contributed by atoms with van der Waals surface area (Å²) < 4.78 is 16.6. The van der Waals surface area contributed by atoms with Crippen molar-refractivity contribution in [3.05, 3.63) is 60.8 Å². The van der Waals surface area contributed by atoms with E-state index in [1.54, 1.807) is 0 Å². The predicted octanol–water partition coefficient (Wildman–Crippen LogP) is 16.1. The minimum absolute atomic E-state index is 0.0828. The Hall–Kier alpha value is -2.89. The van der Waals surface area contributed by atoms with Crippen LogP contribution in [0.3, 0.4) is 0 Å². The highest BCUT2D eigenvalue weighted by Crippen LogP contribution is 2.14. The van der Waals surface area contributed by atoms with Gasteiger partial charge in [-0.2, -0.15) is 0 Å². The molecule has 0 aliphatic carbocycles. The Morgan fingerprint density at radius 3 is 0.983 bits per heavy atom. The summed E-state index contributed by atoms with van der Waals surface area (Å²) in [6.45, 7) is 6.48. The van der Waals surface area contributed by atoms with Gasteiger partial charge in [-0.15, -0.1) is 0 Å². The van der Waals surface area contributed by atoms with Gasteiger partial charge in [0.05, 0.1) is 0 Å². The monoisotopic (exact) mass is 825 g/mol. The first-order valence-corrected chi connectivity index (χ1v) is 24.8. The Kier molecular flexibility index (Phi) is 45.4. The van der Waals surface area contributed by atoms with Crippen LogP contribution in [0.2, 0.25) is 0 Å². The van der Waals surface area contributed by atoms with Crippen LogP contribution >= 0.6 is 0 Å². The van der Waals surface area contributed by atoms with E-state index in [2.05, 4.69) is 81.5 Å². The lowest BCUT2D eigenvalue weighted by Gasteiger charge is -2.18. The van der Waals surface area contributed by atoms with Gasteiger partial charge in [0.2, 0.25) is 0 Å². The fourth-order valence-corrected chi connectivity index (χ4v) is 6.71. The molecule has 0 spiro atoms. The Balaban J connectivity index is 4.22. The summed E-state index contributed by atoms with van der Waals surface area (Å²) in [7, 11) is 0. The van der Waals surface area contributed by atoms with Crippen LogP contribution in [0.4, 0.5) is 0 Å². The van der Waals surface area contributed by atoms with Gasteiger partial charge in [0.25, 0.3) is 0 Å². The highest BCUT2D eigenvalue weighted by molar-refractivity contribution is 5.71. The van der Waals surface area contributed by atoms with E-state index in [-0.39, 0.29) is 31.1 Å². The Morgan fingerprint density at radius 1 is 0.339 bits per heavy atom. The van der Waals surface area contributed by atoms with Gasteiger partial charge >= 0.3 is 17.9 Å². The van der Waals surface area contributed by atoms with Crippen molar-refractivity contribution < 1.29 is 28.6 Å². The van der Waals surface area contributed by atoms with E-state index in [1.165, 1.54) is 103 Å². The zero-order valence-electron chi connectivity index (χ0n) is 38.8. The Morgan fingerprint density at radius 2 is 0.610 bits per heavy atom. The topological polar surface area (TPSA) is 78.9 Å². The number of allylic oxidation sites excluding steroid dienone is 10. The van der Waals surface area contributed by atoms with Crippen molar-refractivity contribution in [1.29, 1.82) is 0 Å². The minimum atomic E-state index is -0.779. The fourth-order valence-electron chi connectivity index (χ4n) is 6.71. The second-order valence-corrected chi connectivity index (χ2v) is 16.4. The van der Waals surface area contributed by atoms with Crippen LogP contribution in [0.15, 0.2) is 60.8 Å². The van der Waals surface area contributed by atoms with Crippen molar-refractivity contribution in [2.75, 3.05) is 13.2 Å². The van der Waals surface area contributed by atoms with E-state index >= 15 is 0 Å². The second-order valence-electron chi connectivity index (χ2n) is 16.4. The largest absolute Gasteiger partial charge is 0.462 e. The molecule has 0 bridgehead atoms. The first kappa shape index (κ1) is 56.1. The lowest BCUT2D eigenvalue weighted by molar-refractivity contribution is -0.167. The van der Waals surface area contributed by atoms with Gasteiger partial charge in [-0.05, 0) is 89.9 Å². The van der Waals surface area contributed by atoms with Crippen molar-refractivity contribution in [3.63, 3.8) is 0 Å². The molecule has 0 aliphatic rings. The summed E-state index contributed by atoms with van der Waals surface area (Å²) in [5.74, 6) is -0.916. The first-order chi connectivity index (χ1) is 29.0. The SMILES string of the molecule is CCCCC/C=C\C/C=C\C/C=C\CCCCCCCCC(=O)OCC(COC(=O)CCCCCCC)OC(=O)CCCCCCCCC/C=C\C/C=C\CCCCC. The molecule has 6 heteroatoms. The third-order valence-corrected chi connectivity index (χ3v) is 10.5. The second kappa shape index (κ2) is 47.8. The molecule has 59 heavy (non-hydrogen) atoms. The highest BCUT2D eigenvalue weighted by atomic mass is 16.6. The Labute approximate surface area is 364 Å². The summed E-state index contributed by atoms with van der Waals surface area (Å²) in [5, 5.41) is 0. The smallest absolute Gasteiger partial charge is 0.306 e. The van der Waals surface area contributed by atoms with Crippen LogP contribution in [0.5, 0.6) is 0 Å². The van der Waals surface area contributed by atoms with Gasteiger partial charge in [-0.3, -0.25) is 14.4 Å². The molecule has 6 nitrogen and oxygen atoms in total. The van der Waals surface area contributed by atoms with E-state index in [0.717, 1.165) is 96.3 Å². The van der Waals surface area contributed by atoms with Crippen LogP contribution < -0.4 is 0 Å². The van der Waals surface area contributed by atoms with Crippen LogP contribution in [0.1, 0.15) is 239 Å². The quantitative estimate of drug-likeness (QED) is 0.0263. The van der Waals surface area contributed by atoms with Crippen LogP contribution in [0, 0.1) is 0 Å². The van der Waals surface area contributed by atoms with Crippen molar-refractivity contribution in [2.45, 2.75) is 245 Å². The molecule has 0 aromatic carbocycles. The molecule has 1 atom stereocenters.